The molecule has 1 unspecified atom stereocenters. The molecular formula is C14H13ClN4. The molecule has 2 heterocycles. The van der Waals surface area contributed by atoms with Crippen LogP contribution in [0.5, 0.6) is 0 Å². The molecule has 19 heavy (non-hydrogen) atoms. The Balaban J connectivity index is 1.81. The largest absolute Gasteiger partial charge is 0.363 e. The third-order valence-corrected chi connectivity index (χ3v) is 3.24. The van der Waals surface area contributed by atoms with Gasteiger partial charge in [-0.15, -0.1) is 0 Å². The second-order valence-electron chi connectivity index (χ2n) is 4.36. The van der Waals surface area contributed by atoms with Gasteiger partial charge in [-0.05, 0) is 30.7 Å². The average molecular weight is 273 g/mol. The van der Waals surface area contributed by atoms with Gasteiger partial charge in [-0.25, -0.2) is 9.50 Å². The van der Waals surface area contributed by atoms with Crippen LogP contribution < -0.4 is 5.32 Å². The lowest BCUT2D eigenvalue weighted by atomic mass is 10.1. The Morgan fingerprint density at radius 2 is 1.95 bits per heavy atom. The monoisotopic (exact) mass is 272 g/mol. The van der Waals surface area contributed by atoms with Gasteiger partial charge in [0.2, 0.25) is 0 Å². The van der Waals surface area contributed by atoms with Crippen molar-refractivity contribution < 1.29 is 0 Å². The predicted molar refractivity (Wildman–Crippen MR) is 76.5 cm³/mol. The van der Waals surface area contributed by atoms with Gasteiger partial charge < -0.3 is 5.32 Å². The van der Waals surface area contributed by atoms with E-state index in [0.29, 0.717) is 0 Å². The average Bonchev–Trinajstić information content (AvgIpc) is 2.87. The number of benzene rings is 1. The van der Waals surface area contributed by atoms with E-state index in [1.807, 2.05) is 42.6 Å². The molecule has 0 spiro atoms. The second-order valence-corrected chi connectivity index (χ2v) is 4.80. The zero-order valence-corrected chi connectivity index (χ0v) is 11.2. The van der Waals surface area contributed by atoms with Crippen molar-refractivity contribution in [3.63, 3.8) is 0 Å². The van der Waals surface area contributed by atoms with Gasteiger partial charge in [-0.2, -0.15) is 5.10 Å². The molecule has 0 aliphatic heterocycles. The third kappa shape index (κ3) is 2.53. The minimum absolute atomic E-state index is 0.162. The van der Waals surface area contributed by atoms with Crippen molar-refractivity contribution in [2.75, 3.05) is 5.32 Å². The first-order chi connectivity index (χ1) is 9.22. The Labute approximate surface area is 116 Å². The fourth-order valence-electron chi connectivity index (χ4n) is 1.95. The Kier molecular flexibility index (Phi) is 3.09. The second kappa shape index (κ2) is 4.90. The van der Waals surface area contributed by atoms with Gasteiger partial charge in [0.15, 0.2) is 5.65 Å². The molecule has 1 atom stereocenters. The van der Waals surface area contributed by atoms with E-state index >= 15 is 0 Å². The van der Waals surface area contributed by atoms with E-state index < -0.39 is 0 Å². The first-order valence-electron chi connectivity index (χ1n) is 6.05. The summed E-state index contributed by atoms with van der Waals surface area (Å²) in [7, 11) is 0. The van der Waals surface area contributed by atoms with Crippen molar-refractivity contribution in [1.29, 1.82) is 0 Å². The molecule has 0 radical (unpaired) electrons. The summed E-state index contributed by atoms with van der Waals surface area (Å²) in [5.74, 6) is 0.829. The topological polar surface area (TPSA) is 42.2 Å². The fourth-order valence-corrected chi connectivity index (χ4v) is 2.08. The van der Waals surface area contributed by atoms with Crippen molar-refractivity contribution in [1.82, 2.24) is 14.6 Å². The molecule has 96 valence electrons. The van der Waals surface area contributed by atoms with Gasteiger partial charge in [-0.1, -0.05) is 23.7 Å². The van der Waals surface area contributed by atoms with Crippen LogP contribution in [0.2, 0.25) is 5.02 Å². The van der Waals surface area contributed by atoms with Gasteiger partial charge in [0.1, 0.15) is 5.82 Å². The summed E-state index contributed by atoms with van der Waals surface area (Å²) < 4.78 is 1.73. The number of anilines is 1. The Bertz CT molecular complexity index is 690. The highest BCUT2D eigenvalue weighted by molar-refractivity contribution is 6.30. The number of aromatic nitrogens is 3. The third-order valence-electron chi connectivity index (χ3n) is 2.99. The Morgan fingerprint density at radius 3 is 2.74 bits per heavy atom. The highest BCUT2D eigenvalue weighted by Crippen LogP contribution is 2.20. The summed E-state index contributed by atoms with van der Waals surface area (Å²) in [5, 5.41) is 8.23. The van der Waals surface area contributed by atoms with Crippen molar-refractivity contribution in [2.24, 2.45) is 0 Å². The molecule has 3 aromatic rings. The molecule has 2 aromatic heterocycles. The molecule has 1 aromatic carbocycles. The van der Waals surface area contributed by atoms with E-state index in [1.54, 1.807) is 10.7 Å². The van der Waals surface area contributed by atoms with E-state index in [9.17, 15) is 0 Å². The molecular weight excluding hydrogens is 260 g/mol. The summed E-state index contributed by atoms with van der Waals surface area (Å²) in [6.45, 7) is 2.09. The maximum atomic E-state index is 5.89. The summed E-state index contributed by atoms with van der Waals surface area (Å²) in [6.07, 6.45) is 3.62. The van der Waals surface area contributed by atoms with Crippen LogP contribution in [0.4, 0.5) is 5.82 Å². The Hall–Kier alpha value is -2.07. The van der Waals surface area contributed by atoms with Crippen molar-refractivity contribution in [2.45, 2.75) is 13.0 Å². The number of nitrogens with zero attached hydrogens (tertiary/aromatic N) is 3. The van der Waals surface area contributed by atoms with Crippen LogP contribution in [0.1, 0.15) is 18.5 Å². The molecule has 0 bridgehead atoms. The zero-order valence-electron chi connectivity index (χ0n) is 10.4. The quantitative estimate of drug-likeness (QED) is 0.793. The molecule has 4 nitrogen and oxygen atoms in total. The smallest absolute Gasteiger partial charge is 0.157 e. The first-order valence-corrected chi connectivity index (χ1v) is 6.42. The summed E-state index contributed by atoms with van der Waals surface area (Å²) in [4.78, 5) is 4.48. The summed E-state index contributed by atoms with van der Waals surface area (Å²) in [5.41, 5.74) is 1.99. The SMILES string of the molecule is CC(Nc1ccn2nccc2n1)c1ccc(Cl)cc1. The maximum absolute atomic E-state index is 5.89. The molecule has 0 aliphatic rings. The number of halogens is 1. The molecule has 0 saturated heterocycles. The van der Waals surface area contributed by atoms with Gasteiger partial charge in [0.25, 0.3) is 0 Å². The van der Waals surface area contributed by atoms with E-state index in [4.69, 9.17) is 11.6 Å². The van der Waals surface area contributed by atoms with Crippen molar-refractivity contribution in [3.8, 4) is 0 Å². The van der Waals surface area contributed by atoms with Crippen LogP contribution in [-0.2, 0) is 0 Å². The molecule has 0 fully saturated rings. The summed E-state index contributed by atoms with van der Waals surface area (Å²) >= 11 is 5.89. The normalized spacial score (nSPS) is 12.5. The number of fused-ring (bicyclic) bond motifs is 1. The van der Waals surface area contributed by atoms with Gasteiger partial charge in [0.05, 0.1) is 6.20 Å². The number of hydrogen-bond donors (Lipinski definition) is 1. The van der Waals surface area contributed by atoms with Gasteiger partial charge in [0, 0.05) is 23.3 Å². The number of rotatable bonds is 3. The standard InChI is InChI=1S/C14H13ClN4/c1-10(11-2-4-12(15)5-3-11)17-13-7-9-19-14(18-13)6-8-16-19/h2-10H,1H3,(H,17,18). The molecule has 0 saturated carbocycles. The van der Waals surface area contributed by atoms with Crippen molar-refractivity contribution >= 4 is 23.1 Å². The minimum atomic E-state index is 0.162. The van der Waals surface area contributed by atoms with Crippen LogP contribution in [0.15, 0.2) is 48.8 Å². The van der Waals surface area contributed by atoms with Crippen molar-refractivity contribution in [3.05, 3.63) is 59.4 Å². The minimum Gasteiger partial charge on any atom is -0.363 e. The van der Waals surface area contributed by atoms with Crippen LogP contribution >= 0.6 is 11.6 Å². The highest BCUT2D eigenvalue weighted by atomic mass is 35.5. The molecule has 1 N–H and O–H groups in total. The van der Waals surface area contributed by atoms with Gasteiger partial charge >= 0.3 is 0 Å². The van der Waals surface area contributed by atoms with Crippen LogP contribution in [-0.4, -0.2) is 14.6 Å². The lowest BCUT2D eigenvalue weighted by Crippen LogP contribution is -2.08. The predicted octanol–water partition coefficient (Wildman–Crippen LogP) is 3.56. The van der Waals surface area contributed by atoms with E-state index in [-0.39, 0.29) is 6.04 Å². The first kappa shape index (κ1) is 12.0. The van der Waals surface area contributed by atoms with E-state index in [1.165, 1.54) is 5.56 Å². The fraction of sp³-hybridized carbons (Fsp3) is 0.143. The molecule has 0 aliphatic carbocycles. The molecule has 3 rings (SSSR count). The Morgan fingerprint density at radius 1 is 1.16 bits per heavy atom. The van der Waals surface area contributed by atoms with Crippen LogP contribution in [0.3, 0.4) is 0 Å². The summed E-state index contributed by atoms with van der Waals surface area (Å²) in [6, 6.07) is 11.8. The van der Waals surface area contributed by atoms with Crippen LogP contribution in [0.25, 0.3) is 5.65 Å². The lowest BCUT2D eigenvalue weighted by molar-refractivity contribution is 0.867. The maximum Gasteiger partial charge on any atom is 0.157 e. The number of nitrogens with one attached hydrogen (secondary N) is 1. The number of hydrogen-bond acceptors (Lipinski definition) is 3. The van der Waals surface area contributed by atoms with Crippen LogP contribution in [0, 0.1) is 0 Å². The lowest BCUT2D eigenvalue weighted by Gasteiger charge is -2.15. The molecule has 0 amide bonds. The molecule has 5 heteroatoms. The highest BCUT2D eigenvalue weighted by Gasteiger charge is 2.06. The van der Waals surface area contributed by atoms with E-state index in [2.05, 4.69) is 22.3 Å². The zero-order chi connectivity index (χ0) is 13.2. The van der Waals surface area contributed by atoms with E-state index in [0.717, 1.165) is 16.5 Å². The van der Waals surface area contributed by atoms with Gasteiger partial charge in [-0.3, -0.25) is 0 Å².